The molecule has 1 saturated carbocycles. The molecule has 1 unspecified atom stereocenters. The van der Waals surface area contributed by atoms with E-state index in [9.17, 15) is 24.0 Å². The molecule has 4 rings (SSSR count). The lowest BCUT2D eigenvalue weighted by Gasteiger charge is -2.16. The van der Waals surface area contributed by atoms with Gasteiger partial charge in [-0.1, -0.05) is 53.5 Å². The maximum Gasteiger partial charge on any atom is 0.238 e. The summed E-state index contributed by atoms with van der Waals surface area (Å²) in [6, 6.07) is 1.74. The van der Waals surface area contributed by atoms with Crippen LogP contribution in [0.1, 0.15) is 49.5 Å². The number of carbonyl (C=O) groups is 5. The van der Waals surface area contributed by atoms with Gasteiger partial charge in [0.05, 0.1) is 24.5 Å². The van der Waals surface area contributed by atoms with Crippen molar-refractivity contribution in [3.05, 3.63) is 41.5 Å². The van der Waals surface area contributed by atoms with E-state index in [1.807, 2.05) is 13.8 Å². The van der Waals surface area contributed by atoms with Gasteiger partial charge in [-0.2, -0.15) is 0 Å². The number of hydrogen-bond acceptors (Lipinski definition) is 12. The summed E-state index contributed by atoms with van der Waals surface area (Å²) < 4.78 is 22.1. The quantitative estimate of drug-likeness (QED) is 0.165. The molecule has 0 spiro atoms. The first-order chi connectivity index (χ1) is 19.9. The van der Waals surface area contributed by atoms with E-state index in [1.54, 1.807) is 24.2 Å². The number of benzene rings is 1. The van der Waals surface area contributed by atoms with Crippen LogP contribution in [0.15, 0.2) is 30.4 Å². The third-order valence-electron chi connectivity index (χ3n) is 5.80. The zero-order valence-electron chi connectivity index (χ0n) is 24.3. The van der Waals surface area contributed by atoms with Crippen molar-refractivity contribution in [2.75, 3.05) is 39.9 Å². The Labute approximate surface area is 259 Å². The van der Waals surface area contributed by atoms with Gasteiger partial charge < -0.3 is 18.9 Å². The number of thioether (sulfide) groups is 2. The highest BCUT2D eigenvalue weighted by molar-refractivity contribution is 8.24. The molecule has 228 valence electrons. The van der Waals surface area contributed by atoms with Crippen LogP contribution in [0.4, 0.5) is 0 Å². The third kappa shape index (κ3) is 10.1. The topological polar surface area (TPSA) is 126 Å². The molecule has 1 aliphatic carbocycles. The summed E-state index contributed by atoms with van der Waals surface area (Å²) in [7, 11) is 3.12. The lowest BCUT2D eigenvalue weighted by atomic mass is 10.0. The molecule has 1 saturated heterocycles. The van der Waals surface area contributed by atoms with Crippen LogP contribution in [0.25, 0.3) is 0 Å². The average Bonchev–Trinajstić information content (AvgIpc) is 3.57. The zero-order valence-corrected chi connectivity index (χ0v) is 26.8. The van der Waals surface area contributed by atoms with Crippen LogP contribution in [0.3, 0.4) is 0 Å². The molecule has 1 atom stereocenters. The smallest absolute Gasteiger partial charge is 0.238 e. The minimum Gasteiger partial charge on any atom is -0.496 e. The summed E-state index contributed by atoms with van der Waals surface area (Å²) in [6.07, 6.45) is 4.61. The molecular formula is C29H35NO9S3. The molecule has 0 N–H and O–H groups in total. The number of fused-ring (bicyclic) bond motifs is 1. The predicted molar refractivity (Wildman–Crippen MR) is 167 cm³/mol. The van der Waals surface area contributed by atoms with E-state index in [0.29, 0.717) is 45.9 Å². The lowest BCUT2D eigenvalue weighted by Crippen LogP contribution is -2.28. The van der Waals surface area contributed by atoms with Crippen LogP contribution < -0.4 is 14.2 Å². The van der Waals surface area contributed by atoms with Crippen molar-refractivity contribution < 1.29 is 42.9 Å². The van der Waals surface area contributed by atoms with Crippen LogP contribution in [-0.4, -0.2) is 82.8 Å². The second-order valence-corrected chi connectivity index (χ2v) is 12.3. The van der Waals surface area contributed by atoms with Gasteiger partial charge in [-0.05, 0) is 20.3 Å². The van der Waals surface area contributed by atoms with E-state index in [2.05, 4.69) is 12.7 Å². The largest absolute Gasteiger partial charge is 0.496 e. The molecule has 0 aromatic heterocycles. The number of nitrogens with zero attached hydrogens (tertiary/aromatic N) is 1. The van der Waals surface area contributed by atoms with Gasteiger partial charge in [0.15, 0.2) is 24.3 Å². The van der Waals surface area contributed by atoms with Gasteiger partial charge in [0.25, 0.3) is 0 Å². The minimum atomic E-state index is -0.389. The summed E-state index contributed by atoms with van der Waals surface area (Å²) in [6.45, 7) is 9.62. The second-order valence-electron chi connectivity index (χ2n) is 9.34. The molecule has 13 heteroatoms. The van der Waals surface area contributed by atoms with Crippen LogP contribution in [0.5, 0.6) is 17.2 Å². The molecule has 2 heterocycles. The Balaban J connectivity index is 0.000000246. The van der Waals surface area contributed by atoms with Gasteiger partial charge in [0.1, 0.15) is 32.9 Å². The van der Waals surface area contributed by atoms with Crippen LogP contribution in [0.2, 0.25) is 0 Å². The number of carbonyl (C=O) groups excluding carboxylic acids is 5. The molecule has 2 aliphatic heterocycles. The molecule has 10 nitrogen and oxygen atoms in total. The highest BCUT2D eigenvalue weighted by Gasteiger charge is 2.32. The fourth-order valence-corrected chi connectivity index (χ4v) is 5.87. The lowest BCUT2D eigenvalue weighted by molar-refractivity contribution is -0.124. The maximum absolute atomic E-state index is 12.0. The highest BCUT2D eigenvalue weighted by atomic mass is 32.2. The third-order valence-corrected chi connectivity index (χ3v) is 8.28. The number of thiocarbonyl (C=S) groups is 1. The Bertz CT molecular complexity index is 1260. The summed E-state index contributed by atoms with van der Waals surface area (Å²) in [5.41, 5.74) is 2.48. The van der Waals surface area contributed by atoms with E-state index < -0.39 is 0 Å². The summed E-state index contributed by atoms with van der Waals surface area (Å²) in [5.74, 6) is 1.99. The van der Waals surface area contributed by atoms with Gasteiger partial charge in [-0.3, -0.25) is 28.9 Å². The minimum absolute atomic E-state index is 0.0188. The molecule has 42 heavy (non-hydrogen) atoms. The van der Waals surface area contributed by atoms with Crippen LogP contribution in [0, 0.1) is 0 Å². The van der Waals surface area contributed by atoms with E-state index in [0.717, 1.165) is 17.3 Å². The van der Waals surface area contributed by atoms with Crippen molar-refractivity contribution in [1.82, 2.24) is 4.90 Å². The molecule has 3 aliphatic rings. The van der Waals surface area contributed by atoms with Crippen LogP contribution in [-0.2, 0) is 30.3 Å². The first kappa shape index (κ1) is 35.2. The second kappa shape index (κ2) is 17.2. The molecule has 0 radical (unpaired) electrons. The highest BCUT2D eigenvalue weighted by Crippen LogP contribution is 2.42. The van der Waals surface area contributed by atoms with Crippen molar-refractivity contribution in [1.29, 1.82) is 0 Å². The number of rotatable bonds is 9. The number of amides is 1. The fraction of sp³-hybridized carbons (Fsp3) is 0.448. The zero-order chi connectivity index (χ0) is 31.4. The predicted octanol–water partition coefficient (Wildman–Crippen LogP) is 4.36. The van der Waals surface area contributed by atoms with E-state index in [-0.39, 0.29) is 59.9 Å². The summed E-state index contributed by atoms with van der Waals surface area (Å²) in [4.78, 5) is 56.7. The summed E-state index contributed by atoms with van der Waals surface area (Å²) in [5, 5.41) is -0.488. The van der Waals surface area contributed by atoms with E-state index in [4.69, 9.17) is 31.2 Å². The van der Waals surface area contributed by atoms with Gasteiger partial charge in [0.2, 0.25) is 11.7 Å². The van der Waals surface area contributed by atoms with Crippen LogP contribution >= 0.6 is 35.7 Å². The standard InChI is InChI=1S/C16H20O5.C7H8O3S.C6H7NOS2/c1-10(2)5-6-11-13(19-4)7-14-15(12(17)8-20-14)16(11)21-9-18-3;1-4(8)11-7-3-5(9)2-6(7)10;1-2-3-7-5(8)4-10-6(7)9/h5,7H,6,8-9H2,1-4H3;7H,2-3H2,1H3;2H,1,3-4H2. The first-order valence-electron chi connectivity index (χ1n) is 12.9. The fourth-order valence-electron chi connectivity index (χ4n) is 3.90. The number of allylic oxidation sites excluding steroid dienone is 2. The molecule has 1 aromatic carbocycles. The van der Waals surface area contributed by atoms with Crippen molar-refractivity contribution in [2.24, 2.45) is 0 Å². The summed E-state index contributed by atoms with van der Waals surface area (Å²) >= 11 is 7.28. The Hall–Kier alpha value is -3.00. The Morgan fingerprint density at radius 3 is 2.45 bits per heavy atom. The van der Waals surface area contributed by atoms with Crippen molar-refractivity contribution >= 4 is 68.4 Å². The van der Waals surface area contributed by atoms with Gasteiger partial charge in [-0.15, -0.1) is 6.58 Å². The van der Waals surface area contributed by atoms with Crippen molar-refractivity contribution in [3.8, 4) is 17.2 Å². The molecule has 1 aromatic rings. The number of hydrogen-bond donors (Lipinski definition) is 0. The average molecular weight is 638 g/mol. The van der Waals surface area contributed by atoms with Crippen molar-refractivity contribution in [3.63, 3.8) is 0 Å². The van der Waals surface area contributed by atoms with E-state index >= 15 is 0 Å². The molecule has 1 amide bonds. The maximum atomic E-state index is 12.0. The molecule has 2 fully saturated rings. The number of ether oxygens (including phenoxy) is 4. The first-order valence-corrected chi connectivity index (χ1v) is 15.1. The Kier molecular flexibility index (Phi) is 14.4. The normalized spacial score (nSPS) is 17.0. The monoisotopic (exact) mass is 637 g/mol. The van der Waals surface area contributed by atoms with Crippen molar-refractivity contribution in [2.45, 2.75) is 45.3 Å². The van der Waals surface area contributed by atoms with Gasteiger partial charge in [-0.25, -0.2) is 0 Å². The number of ketones is 3. The SMILES string of the molecule is C=CCN1C(=O)CSC1=S.CC(=O)SC1CC(=O)CC1=O.COCOc1c(CC=C(C)C)c(OC)cc2c1C(=O)CO2. The number of methoxy groups -OCH3 is 2. The number of Topliss-reactive ketones (excluding diaryl/α,β-unsaturated/α-hetero) is 3. The Morgan fingerprint density at radius 2 is 1.95 bits per heavy atom. The van der Waals surface area contributed by atoms with Gasteiger partial charge >= 0.3 is 0 Å². The van der Waals surface area contributed by atoms with Gasteiger partial charge in [0, 0.05) is 38.6 Å². The van der Waals surface area contributed by atoms with E-state index in [1.165, 1.54) is 31.4 Å². The molecular weight excluding hydrogens is 603 g/mol. The molecule has 0 bridgehead atoms. The Morgan fingerprint density at radius 1 is 1.24 bits per heavy atom.